The number of ether oxygens (including phenoxy) is 2. The van der Waals surface area contributed by atoms with E-state index < -0.39 is 0 Å². The first kappa shape index (κ1) is 20.8. The van der Waals surface area contributed by atoms with Gasteiger partial charge in [0.1, 0.15) is 5.75 Å². The fourth-order valence-electron chi connectivity index (χ4n) is 2.65. The summed E-state index contributed by atoms with van der Waals surface area (Å²) in [6, 6.07) is 11.0. The summed E-state index contributed by atoms with van der Waals surface area (Å²) in [5.74, 6) is 1.24. The lowest BCUT2D eigenvalue weighted by Crippen LogP contribution is -2.28. The maximum atomic E-state index is 12.8. The van der Waals surface area contributed by atoms with Gasteiger partial charge >= 0.3 is 0 Å². The number of thioether (sulfide) groups is 1. The van der Waals surface area contributed by atoms with Crippen molar-refractivity contribution in [2.24, 2.45) is 4.99 Å². The van der Waals surface area contributed by atoms with Crippen LogP contribution in [-0.4, -0.2) is 36.7 Å². The number of methoxy groups -OCH3 is 2. The summed E-state index contributed by atoms with van der Waals surface area (Å²) in [6.45, 7) is 2.46. The Bertz CT molecular complexity index is 937. The zero-order valence-corrected chi connectivity index (χ0v) is 18.7. The van der Waals surface area contributed by atoms with E-state index in [0.717, 1.165) is 21.5 Å². The molecular weight excluding hydrogens is 464 g/mol. The quantitative estimate of drug-likeness (QED) is 0.511. The highest BCUT2D eigenvalue weighted by Crippen LogP contribution is 2.38. The van der Waals surface area contributed by atoms with Gasteiger partial charge in [0.05, 0.1) is 34.3 Å². The molecule has 0 aliphatic carbocycles. The summed E-state index contributed by atoms with van der Waals surface area (Å²) < 4.78 is 11.1. The number of carbonyl (C=O) groups excluding carboxylic acids is 1. The number of hydrogen-bond acceptors (Lipinski definition) is 5. The van der Waals surface area contributed by atoms with Gasteiger partial charge in [0.2, 0.25) is 0 Å². The number of hydrogen-bond donors (Lipinski definition) is 0. The number of amidine groups is 1. The van der Waals surface area contributed by atoms with Crippen LogP contribution in [0.5, 0.6) is 11.5 Å². The van der Waals surface area contributed by atoms with Gasteiger partial charge in [-0.1, -0.05) is 11.6 Å². The molecule has 28 heavy (non-hydrogen) atoms. The minimum Gasteiger partial charge on any atom is -0.497 e. The first-order valence-corrected chi connectivity index (χ1v) is 10.4. The average Bonchev–Trinajstić information content (AvgIpc) is 2.96. The van der Waals surface area contributed by atoms with Gasteiger partial charge in [0.25, 0.3) is 5.91 Å². The molecule has 2 aromatic carbocycles. The van der Waals surface area contributed by atoms with Crippen LogP contribution >= 0.6 is 39.3 Å². The van der Waals surface area contributed by atoms with Crippen molar-refractivity contribution in [1.29, 1.82) is 0 Å². The van der Waals surface area contributed by atoms with Crippen LogP contribution in [0.25, 0.3) is 6.08 Å². The van der Waals surface area contributed by atoms with E-state index in [1.807, 2.05) is 43.3 Å². The summed E-state index contributed by atoms with van der Waals surface area (Å²) in [5.41, 5.74) is 1.56. The molecule has 0 N–H and O–H groups in total. The summed E-state index contributed by atoms with van der Waals surface area (Å²) in [7, 11) is 3.17. The number of halogens is 2. The van der Waals surface area contributed by atoms with Crippen LogP contribution in [0.4, 0.5) is 5.69 Å². The minimum absolute atomic E-state index is 0.0807. The largest absolute Gasteiger partial charge is 0.497 e. The summed E-state index contributed by atoms with van der Waals surface area (Å²) >= 11 is 11.0. The van der Waals surface area contributed by atoms with Crippen LogP contribution in [0.15, 0.2) is 50.8 Å². The Hall–Kier alpha value is -1.96. The van der Waals surface area contributed by atoms with Gasteiger partial charge in [0, 0.05) is 6.54 Å². The van der Waals surface area contributed by atoms with Crippen LogP contribution in [-0.2, 0) is 4.79 Å². The number of carbonyl (C=O) groups is 1. The average molecular weight is 482 g/mol. The third kappa shape index (κ3) is 4.37. The maximum absolute atomic E-state index is 12.8. The number of rotatable bonds is 5. The number of nitrogens with zero attached hydrogens (tertiary/aromatic N) is 2. The van der Waals surface area contributed by atoms with E-state index >= 15 is 0 Å². The van der Waals surface area contributed by atoms with E-state index in [1.165, 1.54) is 11.8 Å². The van der Waals surface area contributed by atoms with E-state index in [0.29, 0.717) is 27.4 Å². The Balaban J connectivity index is 1.92. The molecule has 1 saturated heterocycles. The van der Waals surface area contributed by atoms with Crippen LogP contribution in [0.1, 0.15) is 12.5 Å². The molecule has 146 valence electrons. The SMILES string of the molecule is CCN1C(=O)/C(=C\c2cc(Cl)c(OC)c(Br)c2)SC1=Nc1ccc(OC)cc1. The Morgan fingerprint density at radius 2 is 1.93 bits per heavy atom. The van der Waals surface area contributed by atoms with Crippen LogP contribution < -0.4 is 9.47 Å². The topological polar surface area (TPSA) is 51.1 Å². The highest BCUT2D eigenvalue weighted by Gasteiger charge is 2.32. The van der Waals surface area contributed by atoms with Gasteiger partial charge in [-0.05, 0) is 82.7 Å². The highest BCUT2D eigenvalue weighted by molar-refractivity contribution is 9.10. The monoisotopic (exact) mass is 480 g/mol. The van der Waals surface area contributed by atoms with Crippen molar-refractivity contribution >= 4 is 62.1 Å². The number of benzene rings is 2. The molecule has 0 aromatic heterocycles. The summed E-state index contributed by atoms with van der Waals surface area (Å²) in [4.78, 5) is 19.7. The molecule has 1 fully saturated rings. The van der Waals surface area contributed by atoms with Crippen molar-refractivity contribution in [3.8, 4) is 11.5 Å². The van der Waals surface area contributed by atoms with Gasteiger partial charge in [-0.3, -0.25) is 9.69 Å². The van der Waals surface area contributed by atoms with Gasteiger partial charge < -0.3 is 9.47 Å². The second-order valence-electron chi connectivity index (χ2n) is 5.77. The predicted molar refractivity (Wildman–Crippen MR) is 119 cm³/mol. The molecule has 0 saturated carbocycles. The zero-order valence-electron chi connectivity index (χ0n) is 15.5. The van der Waals surface area contributed by atoms with Crippen LogP contribution in [0, 0.1) is 0 Å². The molecule has 2 aromatic rings. The third-order valence-electron chi connectivity index (χ3n) is 4.02. The molecule has 1 amide bonds. The molecule has 0 bridgehead atoms. The van der Waals surface area contributed by atoms with E-state index in [1.54, 1.807) is 25.2 Å². The van der Waals surface area contributed by atoms with E-state index in [9.17, 15) is 4.79 Å². The van der Waals surface area contributed by atoms with Crippen molar-refractivity contribution in [3.05, 3.63) is 56.4 Å². The predicted octanol–water partition coefficient (Wildman–Crippen LogP) is 5.74. The standard InChI is InChI=1S/C20H18BrClN2O3S/c1-4-24-19(25)17(11-12-9-15(21)18(27-3)16(22)10-12)28-20(24)23-13-5-7-14(26-2)8-6-13/h5-11H,4H2,1-3H3/b17-11+,23-20?. The zero-order chi connectivity index (χ0) is 20.3. The molecule has 5 nitrogen and oxygen atoms in total. The molecule has 0 spiro atoms. The molecule has 3 rings (SSSR count). The Morgan fingerprint density at radius 3 is 2.50 bits per heavy atom. The second kappa shape index (κ2) is 9.03. The van der Waals surface area contributed by atoms with Crippen molar-refractivity contribution < 1.29 is 14.3 Å². The van der Waals surface area contributed by atoms with Crippen LogP contribution in [0.3, 0.4) is 0 Å². The fourth-order valence-corrected chi connectivity index (χ4v) is 4.77. The van der Waals surface area contributed by atoms with Crippen LogP contribution in [0.2, 0.25) is 5.02 Å². The van der Waals surface area contributed by atoms with Crippen molar-refractivity contribution in [1.82, 2.24) is 4.90 Å². The van der Waals surface area contributed by atoms with E-state index in [2.05, 4.69) is 20.9 Å². The lowest BCUT2D eigenvalue weighted by Gasteiger charge is -2.12. The van der Waals surface area contributed by atoms with Crippen molar-refractivity contribution in [2.75, 3.05) is 20.8 Å². The second-order valence-corrected chi connectivity index (χ2v) is 8.04. The molecule has 1 aliphatic rings. The maximum Gasteiger partial charge on any atom is 0.266 e. The Kier molecular flexibility index (Phi) is 6.69. The third-order valence-corrected chi connectivity index (χ3v) is 5.90. The van der Waals surface area contributed by atoms with Crippen molar-refractivity contribution in [2.45, 2.75) is 6.92 Å². The van der Waals surface area contributed by atoms with Crippen molar-refractivity contribution in [3.63, 3.8) is 0 Å². The van der Waals surface area contributed by atoms with Gasteiger partial charge in [0.15, 0.2) is 10.9 Å². The molecule has 1 heterocycles. The van der Waals surface area contributed by atoms with E-state index in [4.69, 9.17) is 21.1 Å². The molecule has 0 radical (unpaired) electrons. The fraction of sp³-hybridized carbons (Fsp3) is 0.200. The summed E-state index contributed by atoms with van der Waals surface area (Å²) in [6.07, 6.45) is 1.81. The number of likely N-dealkylation sites (N-methyl/N-ethyl adjacent to an activating group) is 1. The molecule has 8 heteroatoms. The Labute approximate surface area is 181 Å². The number of amides is 1. The minimum atomic E-state index is -0.0807. The first-order chi connectivity index (χ1) is 13.5. The molecule has 1 aliphatic heterocycles. The van der Waals surface area contributed by atoms with Gasteiger partial charge in [-0.15, -0.1) is 0 Å². The number of aliphatic imine (C=N–C) groups is 1. The van der Waals surface area contributed by atoms with E-state index in [-0.39, 0.29) is 5.91 Å². The first-order valence-electron chi connectivity index (χ1n) is 8.44. The molecule has 0 unspecified atom stereocenters. The van der Waals surface area contributed by atoms with Gasteiger partial charge in [-0.25, -0.2) is 4.99 Å². The molecular formula is C20H18BrClN2O3S. The summed E-state index contributed by atoms with van der Waals surface area (Å²) in [5, 5.41) is 1.11. The normalized spacial score (nSPS) is 16.9. The smallest absolute Gasteiger partial charge is 0.266 e. The lowest BCUT2D eigenvalue weighted by atomic mass is 10.2. The highest BCUT2D eigenvalue weighted by atomic mass is 79.9. The lowest BCUT2D eigenvalue weighted by molar-refractivity contribution is -0.122. The Morgan fingerprint density at radius 1 is 1.21 bits per heavy atom. The molecule has 0 atom stereocenters. The van der Waals surface area contributed by atoms with Gasteiger partial charge in [-0.2, -0.15) is 0 Å².